The minimum absolute atomic E-state index is 0.0814. The number of benzene rings is 2. The number of halogens is 1. The first-order chi connectivity index (χ1) is 16.0. The summed E-state index contributed by atoms with van der Waals surface area (Å²) in [4.78, 5) is 22.3. The molecule has 1 aromatic heterocycles. The molecule has 1 amide bonds. The highest BCUT2D eigenvalue weighted by Gasteiger charge is 2.28. The Hall–Kier alpha value is -3.71. The van der Waals surface area contributed by atoms with E-state index in [0.29, 0.717) is 41.3 Å². The lowest BCUT2D eigenvalue weighted by Gasteiger charge is -2.30. The van der Waals surface area contributed by atoms with Crippen LogP contribution in [0.25, 0.3) is 22.2 Å². The van der Waals surface area contributed by atoms with Gasteiger partial charge in [-0.05, 0) is 56.0 Å². The van der Waals surface area contributed by atoms with Gasteiger partial charge in [-0.25, -0.2) is 14.2 Å². The molecular weight excluding hydrogens is 425 g/mol. The number of carbonyl (C=O) groups is 1. The molecule has 2 aliphatic rings. The molecule has 2 aromatic carbocycles. The van der Waals surface area contributed by atoms with Crippen LogP contribution in [0.1, 0.15) is 44.9 Å². The number of oxazole rings is 1. The number of carbonyl (C=O) groups excluding carboxylic acids is 1. The van der Waals surface area contributed by atoms with Crippen LogP contribution in [-0.2, 0) is 4.74 Å². The number of fused-ring (bicyclic) bond motifs is 1. The van der Waals surface area contributed by atoms with Crippen molar-refractivity contribution < 1.29 is 23.1 Å². The maximum atomic E-state index is 14.8. The molecule has 0 radical (unpaired) electrons. The molecule has 3 aromatic rings. The molecule has 0 aliphatic carbocycles. The molecule has 170 valence electrons. The largest absolute Gasteiger partial charge is 0.446 e. The summed E-state index contributed by atoms with van der Waals surface area (Å²) in [6, 6.07) is 10.5. The van der Waals surface area contributed by atoms with Crippen molar-refractivity contribution in [2.75, 3.05) is 18.1 Å². The van der Waals surface area contributed by atoms with Crippen LogP contribution in [0.5, 0.6) is 0 Å². The number of hydrogen-bond acceptors (Lipinski definition) is 6. The first-order valence-corrected chi connectivity index (χ1v) is 11.2. The Morgan fingerprint density at radius 2 is 2.06 bits per heavy atom. The molecule has 1 fully saturated rings. The van der Waals surface area contributed by atoms with Gasteiger partial charge in [0.1, 0.15) is 28.3 Å². The number of rotatable bonds is 5. The Morgan fingerprint density at radius 3 is 2.73 bits per heavy atom. The third-order valence-corrected chi connectivity index (χ3v) is 6.22. The van der Waals surface area contributed by atoms with Crippen LogP contribution in [0.15, 0.2) is 46.0 Å². The zero-order chi connectivity index (χ0) is 22.9. The van der Waals surface area contributed by atoms with E-state index < -0.39 is 0 Å². The summed E-state index contributed by atoms with van der Waals surface area (Å²) in [6.07, 6.45) is 3.50. The van der Waals surface area contributed by atoms with Crippen LogP contribution >= 0.6 is 0 Å². The van der Waals surface area contributed by atoms with Crippen LogP contribution < -0.4 is 5.01 Å². The van der Waals surface area contributed by atoms with Gasteiger partial charge in [0.2, 0.25) is 0 Å². The quantitative estimate of drug-likeness (QED) is 0.501. The summed E-state index contributed by atoms with van der Waals surface area (Å²) in [5.41, 5.74) is 3.18. The Morgan fingerprint density at radius 1 is 1.27 bits per heavy atom. The van der Waals surface area contributed by atoms with E-state index in [0.717, 1.165) is 24.8 Å². The Balaban J connectivity index is 1.29. The molecule has 2 aliphatic heterocycles. The van der Waals surface area contributed by atoms with E-state index >= 15 is 0 Å². The summed E-state index contributed by atoms with van der Waals surface area (Å²) in [5, 5.41) is 5.30. The SMILES string of the molecule is CCC(C)OC(=O)N1CCC(c2nc3cc(-c4ccc(N5C=[N+]=N5)cc4F)ccc3o2)CC1. The highest BCUT2D eigenvalue weighted by molar-refractivity contribution is 5.82. The average Bonchev–Trinajstić information content (AvgIpc) is 3.21. The molecule has 0 bridgehead atoms. The smallest absolute Gasteiger partial charge is 0.410 e. The normalized spacial score (nSPS) is 16.8. The van der Waals surface area contributed by atoms with Crippen LogP contribution in [0, 0.1) is 5.82 Å². The van der Waals surface area contributed by atoms with Gasteiger partial charge in [-0.1, -0.05) is 18.0 Å². The van der Waals surface area contributed by atoms with Crippen molar-refractivity contribution in [3.8, 4) is 11.1 Å². The first-order valence-electron chi connectivity index (χ1n) is 11.2. The average molecular weight is 450 g/mol. The molecule has 8 nitrogen and oxygen atoms in total. The van der Waals surface area contributed by atoms with Crippen LogP contribution in [-0.4, -0.2) is 46.3 Å². The Labute approximate surface area is 190 Å². The second-order valence-electron chi connectivity index (χ2n) is 8.43. The Bertz CT molecular complexity index is 1250. The summed E-state index contributed by atoms with van der Waals surface area (Å²) >= 11 is 0. The molecule has 1 atom stereocenters. The van der Waals surface area contributed by atoms with Gasteiger partial charge in [0.15, 0.2) is 11.5 Å². The third kappa shape index (κ3) is 4.19. The maximum Gasteiger partial charge on any atom is 0.410 e. The number of likely N-dealkylation sites (tertiary alicyclic amines) is 1. The monoisotopic (exact) mass is 450 g/mol. The van der Waals surface area contributed by atoms with E-state index in [2.05, 4.69) is 15.0 Å². The lowest BCUT2D eigenvalue weighted by molar-refractivity contribution is -0.116. The Kier molecular flexibility index (Phi) is 5.56. The van der Waals surface area contributed by atoms with E-state index in [1.807, 2.05) is 32.0 Å². The molecular formula is C24H25FN5O3+. The third-order valence-electron chi connectivity index (χ3n) is 6.22. The van der Waals surface area contributed by atoms with E-state index in [-0.39, 0.29) is 23.9 Å². The van der Waals surface area contributed by atoms with Crippen molar-refractivity contribution in [1.29, 1.82) is 0 Å². The first kappa shape index (κ1) is 21.2. The van der Waals surface area contributed by atoms with Gasteiger partial charge in [0.25, 0.3) is 0 Å². The topological polar surface area (TPSA) is 85.3 Å². The fourth-order valence-corrected chi connectivity index (χ4v) is 4.03. The zero-order valence-electron chi connectivity index (χ0n) is 18.6. The van der Waals surface area contributed by atoms with Gasteiger partial charge in [-0.3, -0.25) is 0 Å². The second-order valence-corrected chi connectivity index (χ2v) is 8.43. The summed E-state index contributed by atoms with van der Waals surface area (Å²) in [7, 11) is 0. The summed E-state index contributed by atoms with van der Waals surface area (Å²) in [6.45, 7) is 5.10. The maximum absolute atomic E-state index is 14.8. The molecule has 1 unspecified atom stereocenters. The lowest BCUT2D eigenvalue weighted by Crippen LogP contribution is -2.39. The standard InChI is InChI=1S/C24H25FN5O3/c1-3-15(2)32-24(31)29-10-8-16(9-11-29)23-27-21-12-17(4-7-22(21)33-23)19-6-5-18(13-20(19)25)30-14-26-28-30/h4-7,12-16H,3,8-11H2,1-2H3/q+1. The molecule has 0 spiro atoms. The van der Waals surface area contributed by atoms with E-state index in [1.54, 1.807) is 17.0 Å². The number of piperidine rings is 1. The lowest BCUT2D eigenvalue weighted by atomic mass is 9.97. The molecule has 5 rings (SSSR count). The van der Waals surface area contributed by atoms with Crippen LogP contribution in [0.4, 0.5) is 14.9 Å². The van der Waals surface area contributed by atoms with Crippen molar-refractivity contribution in [1.82, 2.24) is 9.88 Å². The highest BCUT2D eigenvalue weighted by Crippen LogP contribution is 2.33. The van der Waals surface area contributed by atoms with Gasteiger partial charge in [-0.2, -0.15) is 0 Å². The van der Waals surface area contributed by atoms with E-state index in [1.165, 1.54) is 17.4 Å². The predicted molar refractivity (Wildman–Crippen MR) is 120 cm³/mol. The molecule has 1 saturated heterocycles. The fourth-order valence-electron chi connectivity index (χ4n) is 4.03. The summed E-state index contributed by atoms with van der Waals surface area (Å²) in [5.74, 6) is 0.445. The fraction of sp³-hybridized carbons (Fsp3) is 0.375. The van der Waals surface area contributed by atoms with Gasteiger partial charge in [-0.15, -0.1) is 4.79 Å². The van der Waals surface area contributed by atoms with Crippen molar-refractivity contribution in [3.05, 3.63) is 48.1 Å². The number of amides is 1. The minimum atomic E-state index is -0.345. The van der Waals surface area contributed by atoms with Crippen LogP contribution in [0.2, 0.25) is 0 Å². The number of anilines is 1. The van der Waals surface area contributed by atoms with E-state index in [9.17, 15) is 9.18 Å². The molecule has 3 heterocycles. The van der Waals surface area contributed by atoms with Crippen LogP contribution in [0.3, 0.4) is 0 Å². The second kappa shape index (κ2) is 8.67. The van der Waals surface area contributed by atoms with Gasteiger partial charge < -0.3 is 14.1 Å². The van der Waals surface area contributed by atoms with Crippen molar-refractivity contribution >= 4 is 29.2 Å². The summed E-state index contributed by atoms with van der Waals surface area (Å²) < 4.78 is 26.2. The highest BCUT2D eigenvalue weighted by atomic mass is 19.1. The number of aromatic nitrogens is 1. The zero-order valence-corrected chi connectivity index (χ0v) is 18.6. The molecule has 9 heteroatoms. The van der Waals surface area contributed by atoms with Gasteiger partial charge >= 0.3 is 12.4 Å². The van der Waals surface area contributed by atoms with Crippen molar-refractivity contribution in [2.45, 2.75) is 45.1 Å². The predicted octanol–water partition coefficient (Wildman–Crippen LogP) is 5.17. The molecule has 0 saturated carbocycles. The number of nitrogens with zero attached hydrogens (tertiary/aromatic N) is 5. The molecule has 33 heavy (non-hydrogen) atoms. The van der Waals surface area contributed by atoms with Crippen molar-refractivity contribution in [2.24, 2.45) is 5.22 Å². The van der Waals surface area contributed by atoms with E-state index in [4.69, 9.17) is 9.15 Å². The minimum Gasteiger partial charge on any atom is -0.446 e. The van der Waals surface area contributed by atoms with Gasteiger partial charge in [0.05, 0.1) is 0 Å². The number of hydrogen-bond donors (Lipinski definition) is 0. The number of ether oxygens (including phenoxy) is 1. The molecule has 0 N–H and O–H groups in total. The van der Waals surface area contributed by atoms with Crippen molar-refractivity contribution in [3.63, 3.8) is 0 Å². The van der Waals surface area contributed by atoms with Gasteiger partial charge in [0, 0.05) is 30.6 Å².